The summed E-state index contributed by atoms with van der Waals surface area (Å²) in [5.74, 6) is -4.44. The topological polar surface area (TPSA) is 54.5 Å². The normalized spacial score (nSPS) is 24.8. The lowest BCUT2D eigenvalue weighted by molar-refractivity contribution is -0.137. The minimum absolute atomic E-state index is 0.189. The molecule has 0 radical (unpaired) electrons. The Bertz CT molecular complexity index is 2030. The number of alkyl halides is 3. The van der Waals surface area contributed by atoms with E-state index in [-0.39, 0.29) is 16.5 Å². The van der Waals surface area contributed by atoms with E-state index < -0.39 is 46.2 Å². The Morgan fingerprint density at radius 2 is 0.958 bits per heavy atom. The molecule has 1 saturated carbocycles. The number of hydrogen-bond acceptors (Lipinski definition) is 3. The standard InChI is InChI=1S/C40H25ClF3NO3/c41-29-22-21-28(40(42,43)44)23-30(29)45-35(46)33-34(36(45)47)39(27-19-11-4-12-20-27)32(25-15-7-2-8-16-25)31(24-13-5-1-6-14-24)38(33,37(39)48)26-17-9-3-10-18-26/h1-23,33-34H/t33-,34+,38-,39-/m1/s1. The van der Waals surface area contributed by atoms with Gasteiger partial charge in [-0.2, -0.15) is 13.2 Å². The Balaban J connectivity index is 1.53. The molecule has 48 heavy (non-hydrogen) atoms. The number of allylic oxidation sites excluding steroid dienone is 2. The third-order valence-corrected chi connectivity index (χ3v) is 10.4. The zero-order valence-electron chi connectivity index (χ0n) is 25.1. The van der Waals surface area contributed by atoms with Gasteiger partial charge in [0.2, 0.25) is 11.8 Å². The number of imide groups is 1. The third kappa shape index (κ3) is 3.82. The van der Waals surface area contributed by atoms with Gasteiger partial charge < -0.3 is 0 Å². The van der Waals surface area contributed by atoms with Crippen LogP contribution in [0.15, 0.2) is 140 Å². The molecule has 0 unspecified atom stereocenters. The first kappa shape index (κ1) is 30.1. The molecule has 8 rings (SSSR count). The largest absolute Gasteiger partial charge is 0.416 e. The minimum atomic E-state index is -4.75. The van der Waals surface area contributed by atoms with E-state index in [1.165, 1.54) is 0 Å². The van der Waals surface area contributed by atoms with E-state index in [1.54, 1.807) is 60.7 Å². The average molecular weight is 660 g/mol. The number of hydrogen-bond donors (Lipinski definition) is 0. The van der Waals surface area contributed by atoms with E-state index >= 15 is 14.4 Å². The van der Waals surface area contributed by atoms with E-state index in [4.69, 9.17) is 11.6 Å². The highest BCUT2D eigenvalue weighted by Gasteiger charge is 2.82. The molecule has 2 bridgehead atoms. The highest BCUT2D eigenvalue weighted by Crippen LogP contribution is 2.74. The van der Waals surface area contributed by atoms with Crippen LogP contribution in [0.4, 0.5) is 18.9 Å². The maximum Gasteiger partial charge on any atom is 0.416 e. The summed E-state index contributed by atoms with van der Waals surface area (Å²) in [5, 5.41) is -0.189. The molecule has 3 aliphatic rings. The lowest BCUT2D eigenvalue weighted by Crippen LogP contribution is -2.45. The summed E-state index contributed by atoms with van der Waals surface area (Å²) in [5.41, 5.74) is -1.16. The molecule has 8 heteroatoms. The van der Waals surface area contributed by atoms with E-state index in [2.05, 4.69) is 0 Å². The molecule has 1 aliphatic heterocycles. The van der Waals surface area contributed by atoms with Crippen molar-refractivity contribution in [3.63, 3.8) is 0 Å². The van der Waals surface area contributed by atoms with Gasteiger partial charge in [-0.15, -0.1) is 0 Å². The Morgan fingerprint density at radius 3 is 1.35 bits per heavy atom. The number of amides is 2. The molecular weight excluding hydrogens is 635 g/mol. The number of carbonyl (C=O) groups is 3. The maximum absolute atomic E-state index is 15.8. The monoisotopic (exact) mass is 659 g/mol. The van der Waals surface area contributed by atoms with Crippen molar-refractivity contribution < 1.29 is 27.6 Å². The summed E-state index contributed by atoms with van der Waals surface area (Å²) in [6, 6.07) is 39.1. The molecule has 2 fully saturated rings. The number of benzene rings is 5. The number of nitrogens with zero attached hydrogens (tertiary/aromatic N) is 1. The Kier molecular flexibility index (Phi) is 6.66. The van der Waals surface area contributed by atoms with Gasteiger partial charge in [0.15, 0.2) is 5.78 Å². The molecule has 1 heterocycles. The predicted octanol–water partition coefficient (Wildman–Crippen LogP) is 8.55. The van der Waals surface area contributed by atoms with Crippen LogP contribution in [0.25, 0.3) is 11.1 Å². The summed E-state index contributed by atoms with van der Waals surface area (Å²) in [4.78, 5) is 46.6. The molecule has 0 spiro atoms. The highest BCUT2D eigenvalue weighted by atomic mass is 35.5. The second-order valence-corrected chi connectivity index (χ2v) is 12.7. The molecule has 1 saturated heterocycles. The molecular formula is C40H25ClF3NO3. The number of rotatable bonds is 5. The van der Waals surface area contributed by atoms with Gasteiger partial charge >= 0.3 is 6.18 Å². The first-order valence-corrected chi connectivity index (χ1v) is 15.8. The van der Waals surface area contributed by atoms with Crippen LogP contribution in [0.3, 0.4) is 0 Å². The van der Waals surface area contributed by atoms with Crippen LogP contribution >= 0.6 is 11.6 Å². The second-order valence-electron chi connectivity index (χ2n) is 12.3. The van der Waals surface area contributed by atoms with Gasteiger partial charge in [0.05, 0.1) is 38.9 Å². The van der Waals surface area contributed by atoms with Crippen molar-refractivity contribution >= 4 is 46.0 Å². The predicted molar refractivity (Wildman–Crippen MR) is 177 cm³/mol. The molecule has 5 aromatic carbocycles. The van der Waals surface area contributed by atoms with Crippen LogP contribution in [0.5, 0.6) is 0 Å². The zero-order valence-corrected chi connectivity index (χ0v) is 25.9. The molecule has 2 aliphatic carbocycles. The molecule has 0 N–H and O–H groups in total. The van der Waals surface area contributed by atoms with Crippen molar-refractivity contribution in [1.29, 1.82) is 0 Å². The summed E-state index contributed by atoms with van der Waals surface area (Å²) < 4.78 is 41.9. The van der Waals surface area contributed by atoms with Crippen LogP contribution in [0, 0.1) is 11.8 Å². The molecule has 5 aromatic rings. The Labute approximate surface area is 279 Å². The van der Waals surface area contributed by atoms with Crippen molar-refractivity contribution in [2.45, 2.75) is 17.0 Å². The van der Waals surface area contributed by atoms with Crippen molar-refractivity contribution in [3.8, 4) is 0 Å². The summed E-state index contributed by atoms with van der Waals surface area (Å²) in [7, 11) is 0. The molecule has 4 nitrogen and oxygen atoms in total. The first-order chi connectivity index (χ1) is 23.1. The van der Waals surface area contributed by atoms with Gasteiger partial charge in [0, 0.05) is 0 Å². The van der Waals surface area contributed by atoms with Gasteiger partial charge in [-0.25, -0.2) is 4.90 Å². The summed E-state index contributed by atoms with van der Waals surface area (Å²) in [6.45, 7) is 0. The fourth-order valence-corrected chi connectivity index (χ4v) is 8.63. The number of halogens is 4. The average Bonchev–Trinajstić information content (AvgIpc) is 3.61. The van der Waals surface area contributed by atoms with Crippen LogP contribution in [0.1, 0.15) is 27.8 Å². The summed E-state index contributed by atoms with van der Waals surface area (Å²) >= 11 is 6.49. The van der Waals surface area contributed by atoms with Crippen molar-refractivity contribution in [2.75, 3.05) is 4.90 Å². The van der Waals surface area contributed by atoms with E-state index in [1.807, 2.05) is 60.7 Å². The van der Waals surface area contributed by atoms with Gasteiger partial charge in [0.25, 0.3) is 0 Å². The minimum Gasteiger partial charge on any atom is -0.297 e. The SMILES string of the molecule is O=C1[C@@H]2[C@H](C(=O)N1c1cc(C(F)(F)F)ccc1Cl)[C@]1(c3ccccc3)C(=O)[C@]2(c2ccccc2)C(c2ccccc2)=C1c1ccccc1. The second kappa shape index (κ2) is 10.6. The van der Waals surface area contributed by atoms with Crippen LogP contribution in [-0.2, 0) is 31.4 Å². The fraction of sp³-hybridized carbons (Fsp3) is 0.125. The lowest BCUT2D eigenvalue weighted by Gasteiger charge is -2.39. The van der Waals surface area contributed by atoms with Crippen LogP contribution in [-0.4, -0.2) is 17.6 Å². The van der Waals surface area contributed by atoms with Crippen molar-refractivity contribution in [3.05, 3.63) is 172 Å². The van der Waals surface area contributed by atoms with Crippen molar-refractivity contribution in [1.82, 2.24) is 0 Å². The number of Topliss-reactive ketones (excluding diaryl/α,β-unsaturated/α-hetero) is 1. The van der Waals surface area contributed by atoms with Crippen LogP contribution < -0.4 is 4.90 Å². The number of carbonyl (C=O) groups excluding carboxylic acids is 3. The van der Waals surface area contributed by atoms with Gasteiger partial charge in [-0.05, 0) is 51.6 Å². The number of anilines is 1. The fourth-order valence-electron chi connectivity index (χ4n) is 8.43. The van der Waals surface area contributed by atoms with Gasteiger partial charge in [0.1, 0.15) is 0 Å². The van der Waals surface area contributed by atoms with E-state index in [9.17, 15) is 13.2 Å². The molecule has 2 amide bonds. The highest BCUT2D eigenvalue weighted by molar-refractivity contribution is 6.41. The van der Waals surface area contributed by atoms with Gasteiger partial charge in [-0.1, -0.05) is 133 Å². The Hall–Kier alpha value is -5.27. The third-order valence-electron chi connectivity index (χ3n) is 10.1. The lowest BCUT2D eigenvalue weighted by atomic mass is 9.59. The zero-order chi connectivity index (χ0) is 33.4. The number of ketones is 1. The first-order valence-electron chi connectivity index (χ1n) is 15.4. The van der Waals surface area contributed by atoms with Gasteiger partial charge in [-0.3, -0.25) is 14.4 Å². The van der Waals surface area contributed by atoms with Crippen molar-refractivity contribution in [2.24, 2.45) is 11.8 Å². The maximum atomic E-state index is 15.8. The van der Waals surface area contributed by atoms with Crippen LogP contribution in [0.2, 0.25) is 5.02 Å². The summed E-state index contributed by atoms with van der Waals surface area (Å²) in [6.07, 6.45) is -4.75. The van der Waals surface area contributed by atoms with E-state index in [0.29, 0.717) is 33.4 Å². The molecule has 4 atom stereocenters. The number of fused-ring (bicyclic) bond motifs is 5. The van der Waals surface area contributed by atoms with E-state index in [0.717, 1.165) is 23.1 Å². The smallest absolute Gasteiger partial charge is 0.297 e. The molecule has 236 valence electrons. The Morgan fingerprint density at radius 1 is 0.562 bits per heavy atom. The quantitative estimate of drug-likeness (QED) is 0.178. The molecule has 0 aromatic heterocycles.